The lowest BCUT2D eigenvalue weighted by Crippen LogP contribution is -2.38. The Balaban J connectivity index is 2.14. The molecule has 0 unspecified atom stereocenters. The summed E-state index contributed by atoms with van der Waals surface area (Å²) in [5.41, 5.74) is 0.234. The Hall–Kier alpha value is -1.50. The first kappa shape index (κ1) is 21.2. The van der Waals surface area contributed by atoms with Crippen molar-refractivity contribution in [3.05, 3.63) is 39.2 Å². The van der Waals surface area contributed by atoms with Gasteiger partial charge in [0.15, 0.2) is 0 Å². The lowest BCUT2D eigenvalue weighted by atomic mass is 10.1. The van der Waals surface area contributed by atoms with Gasteiger partial charge in [0.25, 0.3) is 5.56 Å². The second kappa shape index (κ2) is 8.89. The molecule has 0 amide bonds. The van der Waals surface area contributed by atoms with Crippen molar-refractivity contribution in [1.29, 1.82) is 0 Å². The molecule has 1 saturated heterocycles. The van der Waals surface area contributed by atoms with Gasteiger partial charge in [-0.1, -0.05) is 31.9 Å². The molecule has 0 radical (unpaired) electrons. The van der Waals surface area contributed by atoms with Gasteiger partial charge in [-0.2, -0.15) is 0 Å². The summed E-state index contributed by atoms with van der Waals surface area (Å²) in [5.74, 6) is 0.726. The maximum Gasteiger partial charge on any atom is 0.261 e. The van der Waals surface area contributed by atoms with Gasteiger partial charge in [-0.15, -0.1) is 0 Å². The molecule has 5 nitrogen and oxygen atoms in total. The predicted octanol–water partition coefficient (Wildman–Crippen LogP) is 3.93. The smallest absolute Gasteiger partial charge is 0.261 e. The number of hydrogen-bond donors (Lipinski definition) is 0. The number of aromatic nitrogens is 2. The van der Waals surface area contributed by atoms with Crippen molar-refractivity contribution in [3.63, 3.8) is 0 Å². The Morgan fingerprint density at radius 2 is 2.04 bits per heavy atom. The fourth-order valence-electron chi connectivity index (χ4n) is 4.30. The van der Waals surface area contributed by atoms with Crippen LogP contribution in [0.2, 0.25) is 5.02 Å². The first-order chi connectivity index (χ1) is 13.3. The highest BCUT2D eigenvalue weighted by molar-refractivity contribution is 6.31. The molecule has 2 heterocycles. The standard InChI is InChI=1S/C21H30ClFN4O/c1-5-7-19(26-9-8-25(4)12-14(3)13-26)20-24-18-11-17(23)16(22)10-15(18)21(28)27(20)6-2/h10-11,14,19H,5-9,12-13H2,1-4H3/t14-,19+/m1/s1. The van der Waals surface area contributed by atoms with E-state index >= 15 is 0 Å². The number of rotatable bonds is 5. The first-order valence-corrected chi connectivity index (χ1v) is 10.6. The lowest BCUT2D eigenvalue weighted by molar-refractivity contribution is 0.167. The van der Waals surface area contributed by atoms with Crippen molar-refractivity contribution in [2.75, 3.05) is 33.2 Å². The molecular formula is C21H30ClFN4O. The normalized spacial score (nSPS) is 20.4. The van der Waals surface area contributed by atoms with Gasteiger partial charge in [0.2, 0.25) is 0 Å². The minimum absolute atomic E-state index is 0.0368. The monoisotopic (exact) mass is 408 g/mol. The zero-order valence-electron chi connectivity index (χ0n) is 17.2. The maximum absolute atomic E-state index is 14.0. The number of halogens is 2. The van der Waals surface area contributed by atoms with Crippen molar-refractivity contribution < 1.29 is 4.39 Å². The van der Waals surface area contributed by atoms with Crippen LogP contribution in [0.4, 0.5) is 4.39 Å². The third-order valence-electron chi connectivity index (χ3n) is 5.58. The zero-order chi connectivity index (χ0) is 20.4. The van der Waals surface area contributed by atoms with E-state index in [1.807, 2.05) is 6.92 Å². The van der Waals surface area contributed by atoms with Crippen LogP contribution in [-0.4, -0.2) is 52.6 Å². The average Bonchev–Trinajstić information content (AvgIpc) is 2.81. The molecule has 0 saturated carbocycles. The average molecular weight is 409 g/mol. The van der Waals surface area contributed by atoms with Crippen LogP contribution in [0.5, 0.6) is 0 Å². The second-order valence-corrected chi connectivity index (χ2v) is 8.38. The van der Waals surface area contributed by atoms with E-state index < -0.39 is 5.82 Å². The Morgan fingerprint density at radius 3 is 2.71 bits per heavy atom. The first-order valence-electron chi connectivity index (χ1n) is 10.2. The minimum atomic E-state index is -0.543. The van der Waals surface area contributed by atoms with Gasteiger partial charge in [-0.05, 0) is 32.4 Å². The van der Waals surface area contributed by atoms with E-state index in [1.165, 1.54) is 12.1 Å². The number of hydrogen-bond acceptors (Lipinski definition) is 4. The van der Waals surface area contributed by atoms with Crippen LogP contribution in [0.1, 0.15) is 45.5 Å². The van der Waals surface area contributed by atoms with E-state index in [0.717, 1.165) is 44.8 Å². The summed E-state index contributed by atoms with van der Waals surface area (Å²) in [4.78, 5) is 22.7. The van der Waals surface area contributed by atoms with Gasteiger partial charge < -0.3 is 4.90 Å². The minimum Gasteiger partial charge on any atom is -0.305 e. The third kappa shape index (κ3) is 4.24. The van der Waals surface area contributed by atoms with E-state index in [1.54, 1.807) is 4.57 Å². The number of fused-ring (bicyclic) bond motifs is 1. The molecule has 1 aliphatic heterocycles. The van der Waals surface area contributed by atoms with Gasteiger partial charge in [0.05, 0.1) is 22.0 Å². The van der Waals surface area contributed by atoms with Gasteiger partial charge in [-0.3, -0.25) is 14.3 Å². The van der Waals surface area contributed by atoms with Crippen LogP contribution in [0.15, 0.2) is 16.9 Å². The van der Waals surface area contributed by atoms with Crippen LogP contribution in [-0.2, 0) is 6.54 Å². The highest BCUT2D eigenvalue weighted by Crippen LogP contribution is 2.28. The fourth-order valence-corrected chi connectivity index (χ4v) is 4.46. The zero-order valence-corrected chi connectivity index (χ0v) is 18.0. The molecular weight excluding hydrogens is 379 g/mol. The van der Waals surface area contributed by atoms with E-state index in [9.17, 15) is 9.18 Å². The summed E-state index contributed by atoms with van der Waals surface area (Å²) in [6, 6.07) is 2.72. The Morgan fingerprint density at radius 1 is 1.29 bits per heavy atom. The van der Waals surface area contributed by atoms with Crippen LogP contribution >= 0.6 is 11.6 Å². The number of likely N-dealkylation sites (N-methyl/N-ethyl adjacent to an activating group) is 1. The van der Waals surface area contributed by atoms with Crippen molar-refractivity contribution >= 4 is 22.5 Å². The quantitative estimate of drug-likeness (QED) is 0.751. The third-order valence-corrected chi connectivity index (χ3v) is 5.87. The highest BCUT2D eigenvalue weighted by Gasteiger charge is 2.28. The molecule has 7 heteroatoms. The highest BCUT2D eigenvalue weighted by atomic mass is 35.5. The van der Waals surface area contributed by atoms with E-state index in [-0.39, 0.29) is 16.6 Å². The summed E-state index contributed by atoms with van der Waals surface area (Å²) in [5, 5.41) is 0.326. The summed E-state index contributed by atoms with van der Waals surface area (Å²) in [6.07, 6.45) is 1.89. The molecule has 2 aromatic rings. The number of benzene rings is 1. The molecule has 1 aromatic heterocycles. The Kier molecular flexibility index (Phi) is 6.73. The van der Waals surface area contributed by atoms with Crippen LogP contribution in [0, 0.1) is 11.7 Å². The molecule has 0 aliphatic carbocycles. The van der Waals surface area contributed by atoms with Gasteiger partial charge in [-0.25, -0.2) is 9.37 Å². The summed E-state index contributed by atoms with van der Waals surface area (Å²) in [7, 11) is 2.15. The predicted molar refractivity (Wildman–Crippen MR) is 113 cm³/mol. The summed E-state index contributed by atoms with van der Waals surface area (Å²) in [6.45, 7) is 10.8. The van der Waals surface area contributed by atoms with Crippen molar-refractivity contribution in [1.82, 2.24) is 19.4 Å². The van der Waals surface area contributed by atoms with Crippen LogP contribution in [0.25, 0.3) is 10.9 Å². The van der Waals surface area contributed by atoms with Crippen molar-refractivity contribution in [2.24, 2.45) is 5.92 Å². The largest absolute Gasteiger partial charge is 0.305 e. The molecule has 1 aliphatic rings. The summed E-state index contributed by atoms with van der Waals surface area (Å²) >= 11 is 5.91. The molecule has 1 aromatic carbocycles. The molecule has 0 N–H and O–H groups in total. The topological polar surface area (TPSA) is 41.4 Å². The van der Waals surface area contributed by atoms with E-state index in [0.29, 0.717) is 23.4 Å². The maximum atomic E-state index is 14.0. The molecule has 28 heavy (non-hydrogen) atoms. The van der Waals surface area contributed by atoms with Crippen LogP contribution < -0.4 is 5.56 Å². The molecule has 3 rings (SSSR count). The van der Waals surface area contributed by atoms with Crippen LogP contribution in [0.3, 0.4) is 0 Å². The van der Waals surface area contributed by atoms with Crippen molar-refractivity contribution in [2.45, 2.75) is 46.2 Å². The molecule has 154 valence electrons. The van der Waals surface area contributed by atoms with Crippen molar-refractivity contribution in [3.8, 4) is 0 Å². The Labute approximate surface area is 171 Å². The van der Waals surface area contributed by atoms with Gasteiger partial charge in [0.1, 0.15) is 11.6 Å². The SMILES string of the molecule is CCC[C@@H](c1nc2cc(F)c(Cl)cc2c(=O)n1CC)N1CCN(C)C[C@@H](C)C1. The summed E-state index contributed by atoms with van der Waals surface area (Å²) < 4.78 is 15.8. The van der Waals surface area contributed by atoms with Gasteiger partial charge >= 0.3 is 0 Å². The molecule has 1 fully saturated rings. The van der Waals surface area contributed by atoms with E-state index in [4.69, 9.17) is 16.6 Å². The molecule has 2 atom stereocenters. The lowest BCUT2D eigenvalue weighted by Gasteiger charge is -2.32. The molecule has 0 bridgehead atoms. The molecule has 0 spiro atoms. The van der Waals surface area contributed by atoms with E-state index in [2.05, 4.69) is 30.7 Å². The van der Waals surface area contributed by atoms with Gasteiger partial charge in [0, 0.05) is 38.8 Å². The fraction of sp³-hybridized carbons (Fsp3) is 0.619. The Bertz CT molecular complexity index is 900. The second-order valence-electron chi connectivity index (χ2n) is 7.97. The number of nitrogens with zero attached hydrogens (tertiary/aromatic N) is 4.